The van der Waals surface area contributed by atoms with Gasteiger partial charge >= 0.3 is 0 Å². The van der Waals surface area contributed by atoms with E-state index in [-0.39, 0.29) is 0 Å². The van der Waals surface area contributed by atoms with E-state index in [4.69, 9.17) is 0 Å². The van der Waals surface area contributed by atoms with Crippen LogP contribution < -0.4 is 0 Å². The number of hydrogen-bond acceptors (Lipinski definition) is 1. The van der Waals surface area contributed by atoms with E-state index < -0.39 is 0 Å². The van der Waals surface area contributed by atoms with Crippen molar-refractivity contribution in [1.82, 2.24) is 4.90 Å². The Morgan fingerprint density at radius 3 is 2.92 bits per heavy atom. The number of unbranched alkanes of at least 4 members (excludes halogenated alkanes) is 3. The van der Waals surface area contributed by atoms with Crippen LogP contribution in [0.3, 0.4) is 0 Å². The van der Waals surface area contributed by atoms with Crippen LogP contribution in [0.15, 0.2) is 22.8 Å². The Kier molecular flexibility index (Phi) is 5.21. The van der Waals surface area contributed by atoms with E-state index in [0.29, 0.717) is 0 Å². The lowest BCUT2D eigenvalue weighted by atomic mass is 10.2. The molecule has 0 N–H and O–H groups in total. The van der Waals surface area contributed by atoms with Gasteiger partial charge in [0.25, 0.3) is 0 Å². The van der Waals surface area contributed by atoms with Crippen LogP contribution >= 0.6 is 15.9 Å². The van der Waals surface area contributed by atoms with Crippen molar-refractivity contribution in [3.05, 3.63) is 22.8 Å². The fraction of sp³-hybridized carbons (Fsp3) is 0.636. The van der Waals surface area contributed by atoms with Crippen LogP contribution in [0.1, 0.15) is 32.6 Å². The van der Waals surface area contributed by atoms with Crippen molar-refractivity contribution in [2.45, 2.75) is 32.6 Å². The van der Waals surface area contributed by atoms with E-state index in [1.54, 1.807) is 0 Å². The first kappa shape index (κ1) is 10.8. The Labute approximate surface area is 89.6 Å². The molecule has 0 bridgehead atoms. The molecule has 2 heteroatoms. The maximum atomic E-state index is 3.56. The zero-order valence-corrected chi connectivity index (χ0v) is 9.89. The second kappa shape index (κ2) is 6.25. The standard InChI is InChI=1S/C11H18BrN/c1-2-3-4-6-9-13-10-7-5-8-11(13)12/h5,7-8H,2-4,6,9-10H2,1H3. The quantitative estimate of drug-likeness (QED) is 0.526. The Morgan fingerprint density at radius 2 is 2.23 bits per heavy atom. The zero-order chi connectivity index (χ0) is 9.52. The highest BCUT2D eigenvalue weighted by molar-refractivity contribution is 9.11. The summed E-state index contributed by atoms with van der Waals surface area (Å²) in [6.45, 7) is 4.49. The molecule has 1 aliphatic heterocycles. The molecule has 0 aromatic heterocycles. The van der Waals surface area contributed by atoms with E-state index in [9.17, 15) is 0 Å². The van der Waals surface area contributed by atoms with Crippen LogP contribution in [0.4, 0.5) is 0 Å². The zero-order valence-electron chi connectivity index (χ0n) is 8.30. The van der Waals surface area contributed by atoms with Crippen LogP contribution in [0, 0.1) is 0 Å². The lowest BCUT2D eigenvalue weighted by Gasteiger charge is -2.24. The smallest absolute Gasteiger partial charge is 0.0808 e. The van der Waals surface area contributed by atoms with Crippen LogP contribution in [-0.4, -0.2) is 18.0 Å². The number of allylic oxidation sites excluding steroid dienone is 2. The highest BCUT2D eigenvalue weighted by Crippen LogP contribution is 2.16. The van der Waals surface area contributed by atoms with Crippen LogP contribution in [0.25, 0.3) is 0 Å². The van der Waals surface area contributed by atoms with Gasteiger partial charge in [0.05, 0.1) is 4.61 Å². The van der Waals surface area contributed by atoms with E-state index in [1.807, 2.05) is 0 Å². The van der Waals surface area contributed by atoms with Crippen LogP contribution in [-0.2, 0) is 0 Å². The summed E-state index contributed by atoms with van der Waals surface area (Å²) in [5, 5.41) is 0. The molecule has 1 rings (SSSR count). The Balaban J connectivity index is 2.15. The summed E-state index contributed by atoms with van der Waals surface area (Å²) in [5.41, 5.74) is 0. The molecule has 0 saturated carbocycles. The molecule has 0 radical (unpaired) electrons. The van der Waals surface area contributed by atoms with Crippen molar-refractivity contribution < 1.29 is 0 Å². The molecular weight excluding hydrogens is 226 g/mol. The summed E-state index contributed by atoms with van der Waals surface area (Å²) in [4.78, 5) is 2.37. The Bertz CT molecular complexity index is 196. The molecule has 0 spiro atoms. The molecule has 74 valence electrons. The van der Waals surface area contributed by atoms with Gasteiger partial charge in [-0.3, -0.25) is 0 Å². The average Bonchev–Trinajstić information content (AvgIpc) is 2.15. The third-order valence-corrected chi connectivity index (χ3v) is 3.05. The van der Waals surface area contributed by atoms with Gasteiger partial charge in [-0.1, -0.05) is 38.3 Å². The molecule has 1 nitrogen and oxygen atoms in total. The normalized spacial score (nSPS) is 16.2. The van der Waals surface area contributed by atoms with Gasteiger partial charge in [-0.15, -0.1) is 0 Å². The molecule has 0 aromatic carbocycles. The largest absolute Gasteiger partial charge is 0.362 e. The maximum absolute atomic E-state index is 3.56. The predicted molar refractivity (Wildman–Crippen MR) is 61.9 cm³/mol. The van der Waals surface area contributed by atoms with Gasteiger partial charge in [0.15, 0.2) is 0 Å². The van der Waals surface area contributed by atoms with E-state index >= 15 is 0 Å². The monoisotopic (exact) mass is 243 g/mol. The second-order valence-electron chi connectivity index (χ2n) is 3.42. The maximum Gasteiger partial charge on any atom is 0.0808 e. The van der Waals surface area contributed by atoms with Crippen LogP contribution in [0.5, 0.6) is 0 Å². The van der Waals surface area contributed by atoms with Crippen molar-refractivity contribution in [2.75, 3.05) is 13.1 Å². The fourth-order valence-corrected chi connectivity index (χ4v) is 1.93. The minimum absolute atomic E-state index is 1.06. The second-order valence-corrected chi connectivity index (χ2v) is 4.24. The predicted octanol–water partition coefficient (Wildman–Crippen LogP) is 3.67. The summed E-state index contributed by atoms with van der Waals surface area (Å²) < 4.78 is 1.23. The Hall–Kier alpha value is -0.240. The van der Waals surface area contributed by atoms with Gasteiger partial charge in [0.1, 0.15) is 0 Å². The summed E-state index contributed by atoms with van der Waals surface area (Å²) >= 11 is 3.56. The fourth-order valence-electron chi connectivity index (χ4n) is 1.46. The molecule has 0 aromatic rings. The minimum Gasteiger partial charge on any atom is -0.362 e. The van der Waals surface area contributed by atoms with Gasteiger partial charge in [-0.25, -0.2) is 0 Å². The van der Waals surface area contributed by atoms with Crippen molar-refractivity contribution in [1.29, 1.82) is 0 Å². The van der Waals surface area contributed by atoms with Crippen molar-refractivity contribution in [3.63, 3.8) is 0 Å². The molecule has 1 aliphatic rings. The number of rotatable bonds is 5. The summed E-state index contributed by atoms with van der Waals surface area (Å²) in [6.07, 6.45) is 11.8. The summed E-state index contributed by atoms with van der Waals surface area (Å²) in [5.74, 6) is 0. The lowest BCUT2D eigenvalue weighted by Crippen LogP contribution is -2.23. The van der Waals surface area contributed by atoms with E-state index in [1.165, 1.54) is 36.8 Å². The van der Waals surface area contributed by atoms with Gasteiger partial charge < -0.3 is 4.90 Å². The molecule has 0 unspecified atom stereocenters. The third kappa shape index (κ3) is 3.99. The average molecular weight is 244 g/mol. The SMILES string of the molecule is CCCCCCN1CC=CC=C1Br. The molecule has 0 amide bonds. The molecule has 0 fully saturated rings. The van der Waals surface area contributed by atoms with Gasteiger partial charge in [-0.05, 0) is 28.4 Å². The minimum atomic E-state index is 1.06. The molecule has 0 atom stereocenters. The number of nitrogens with zero attached hydrogens (tertiary/aromatic N) is 1. The van der Waals surface area contributed by atoms with E-state index in [2.05, 4.69) is 46.0 Å². The molecule has 1 heterocycles. The first-order valence-corrected chi connectivity index (χ1v) is 5.91. The highest BCUT2D eigenvalue weighted by Gasteiger charge is 2.06. The highest BCUT2D eigenvalue weighted by atomic mass is 79.9. The van der Waals surface area contributed by atoms with Crippen molar-refractivity contribution in [2.24, 2.45) is 0 Å². The lowest BCUT2D eigenvalue weighted by molar-refractivity contribution is 0.387. The Morgan fingerprint density at radius 1 is 1.38 bits per heavy atom. The van der Waals surface area contributed by atoms with Crippen molar-refractivity contribution >= 4 is 15.9 Å². The first-order valence-electron chi connectivity index (χ1n) is 5.12. The molecule has 13 heavy (non-hydrogen) atoms. The topological polar surface area (TPSA) is 3.24 Å². The van der Waals surface area contributed by atoms with Crippen LogP contribution in [0.2, 0.25) is 0 Å². The summed E-state index contributed by atoms with van der Waals surface area (Å²) in [7, 11) is 0. The first-order chi connectivity index (χ1) is 6.34. The van der Waals surface area contributed by atoms with E-state index in [0.717, 1.165) is 6.54 Å². The molecule has 0 saturated heterocycles. The number of halogens is 1. The summed E-state index contributed by atoms with van der Waals surface area (Å²) in [6, 6.07) is 0. The van der Waals surface area contributed by atoms with Gasteiger partial charge in [-0.2, -0.15) is 0 Å². The molecular formula is C11H18BrN. The van der Waals surface area contributed by atoms with Gasteiger partial charge in [0.2, 0.25) is 0 Å². The number of hydrogen-bond donors (Lipinski definition) is 0. The van der Waals surface area contributed by atoms with Gasteiger partial charge in [0, 0.05) is 13.1 Å². The third-order valence-electron chi connectivity index (χ3n) is 2.28. The van der Waals surface area contributed by atoms with Crippen molar-refractivity contribution in [3.8, 4) is 0 Å². The molecule has 0 aliphatic carbocycles.